The van der Waals surface area contributed by atoms with E-state index in [-0.39, 0.29) is 11.0 Å². The molecule has 0 aliphatic heterocycles. The number of ketones is 1. The normalized spacial score (nSPS) is 13.8. The summed E-state index contributed by atoms with van der Waals surface area (Å²) >= 11 is 3.84. The highest BCUT2D eigenvalue weighted by molar-refractivity contribution is 7.81. The molecule has 0 radical (unpaired) electrons. The minimum atomic E-state index is -0.0926. The quantitative estimate of drug-likeness (QED) is 0.489. The van der Waals surface area contributed by atoms with Crippen LogP contribution in [-0.2, 0) is 4.79 Å². The van der Waals surface area contributed by atoms with Crippen LogP contribution in [0.4, 0.5) is 0 Å². The molecule has 0 rings (SSSR count). The van der Waals surface area contributed by atoms with Crippen molar-refractivity contribution in [1.29, 1.82) is 0 Å². The second-order valence-corrected chi connectivity index (χ2v) is 2.06. The van der Waals surface area contributed by atoms with E-state index in [2.05, 4.69) is 12.6 Å². The summed E-state index contributed by atoms with van der Waals surface area (Å²) in [5.74, 6) is 0.123. The average molecular weight is 104 g/mol. The molecule has 0 aromatic heterocycles. The van der Waals surface area contributed by atoms with Crippen LogP contribution in [0.25, 0.3) is 0 Å². The molecule has 0 aliphatic rings. The first-order valence-electron chi connectivity index (χ1n) is 1.83. The first-order chi connectivity index (χ1) is 2.64. The zero-order valence-corrected chi connectivity index (χ0v) is 4.83. The fourth-order valence-electron chi connectivity index (χ4n) is 0. The second-order valence-electron chi connectivity index (χ2n) is 1.29. The molecule has 1 atom stereocenters. The maximum Gasteiger partial charge on any atom is 0.142 e. The summed E-state index contributed by atoms with van der Waals surface area (Å²) in [4.78, 5) is 10.1. The largest absolute Gasteiger partial charge is 0.299 e. The van der Waals surface area contributed by atoms with Crippen molar-refractivity contribution in [3.63, 3.8) is 0 Å². The van der Waals surface area contributed by atoms with Crippen LogP contribution < -0.4 is 0 Å². The molecule has 0 N–H and O–H groups in total. The first-order valence-corrected chi connectivity index (χ1v) is 2.34. The van der Waals surface area contributed by atoms with Crippen LogP contribution in [0.5, 0.6) is 0 Å². The van der Waals surface area contributed by atoms with Crippen molar-refractivity contribution in [2.75, 3.05) is 0 Å². The predicted octanol–water partition coefficient (Wildman–Crippen LogP) is 0.894. The zero-order chi connectivity index (χ0) is 5.15. The van der Waals surface area contributed by atoms with Gasteiger partial charge in [-0.05, 0) is 13.8 Å². The molecular formula is C4H8OS. The average Bonchev–Trinajstić information content (AvgIpc) is 1.36. The van der Waals surface area contributed by atoms with E-state index >= 15 is 0 Å². The molecule has 36 valence electrons. The molecule has 0 aromatic rings. The van der Waals surface area contributed by atoms with Crippen molar-refractivity contribution >= 4 is 18.4 Å². The summed E-state index contributed by atoms with van der Waals surface area (Å²) < 4.78 is 0. The van der Waals surface area contributed by atoms with Crippen molar-refractivity contribution in [3.05, 3.63) is 0 Å². The predicted molar refractivity (Wildman–Crippen MR) is 29.1 cm³/mol. The summed E-state index contributed by atoms with van der Waals surface area (Å²) in [5.41, 5.74) is 0. The molecule has 0 saturated heterocycles. The lowest BCUT2D eigenvalue weighted by Crippen LogP contribution is -2.02. The van der Waals surface area contributed by atoms with E-state index in [0.29, 0.717) is 0 Å². The van der Waals surface area contributed by atoms with Crippen LogP contribution in [0.2, 0.25) is 0 Å². The van der Waals surface area contributed by atoms with Crippen molar-refractivity contribution in [3.8, 4) is 0 Å². The number of rotatable bonds is 1. The van der Waals surface area contributed by atoms with Crippen LogP contribution >= 0.6 is 12.6 Å². The molecule has 6 heavy (non-hydrogen) atoms. The molecule has 2 heteroatoms. The number of carbonyl (C=O) groups is 1. The minimum Gasteiger partial charge on any atom is -0.299 e. The van der Waals surface area contributed by atoms with Gasteiger partial charge in [-0.15, -0.1) is 0 Å². The summed E-state index contributed by atoms with van der Waals surface area (Å²) in [6.07, 6.45) is 0. The van der Waals surface area contributed by atoms with Gasteiger partial charge in [0.25, 0.3) is 0 Å². The number of hydrogen-bond donors (Lipinski definition) is 1. The number of carbonyl (C=O) groups excluding carboxylic acids is 1. The van der Waals surface area contributed by atoms with E-state index in [1.807, 2.05) is 0 Å². The first kappa shape index (κ1) is 6.02. The van der Waals surface area contributed by atoms with Crippen molar-refractivity contribution < 1.29 is 4.79 Å². The molecule has 0 aliphatic carbocycles. The van der Waals surface area contributed by atoms with Gasteiger partial charge < -0.3 is 0 Å². The maximum atomic E-state index is 10.1. The van der Waals surface area contributed by atoms with Crippen molar-refractivity contribution in [2.45, 2.75) is 19.1 Å². The Morgan fingerprint density at radius 2 is 2.00 bits per heavy atom. The number of thiol groups is 1. The van der Waals surface area contributed by atoms with Crippen LogP contribution in [0, 0.1) is 0 Å². The zero-order valence-electron chi connectivity index (χ0n) is 3.93. The molecule has 0 spiro atoms. The SMILES string of the molecule is CC(=O)[C@H](C)S. The van der Waals surface area contributed by atoms with Crippen molar-refractivity contribution in [1.82, 2.24) is 0 Å². The van der Waals surface area contributed by atoms with Gasteiger partial charge in [-0.1, -0.05) is 0 Å². The Morgan fingerprint density at radius 1 is 1.83 bits per heavy atom. The van der Waals surface area contributed by atoms with Crippen LogP contribution in [0.1, 0.15) is 13.8 Å². The van der Waals surface area contributed by atoms with Gasteiger partial charge in [-0.2, -0.15) is 12.6 Å². The molecule has 0 heterocycles. The standard InChI is InChI=1S/C4H8OS/c1-3(5)4(2)6/h4,6H,1-2H3/t4-/m0/s1. The Balaban J connectivity index is 3.26. The van der Waals surface area contributed by atoms with Gasteiger partial charge >= 0.3 is 0 Å². The van der Waals surface area contributed by atoms with Crippen LogP contribution in [0.15, 0.2) is 0 Å². The van der Waals surface area contributed by atoms with Gasteiger partial charge in [-0.25, -0.2) is 0 Å². The summed E-state index contributed by atoms with van der Waals surface area (Å²) in [6, 6.07) is 0. The van der Waals surface area contributed by atoms with E-state index in [1.54, 1.807) is 6.92 Å². The van der Waals surface area contributed by atoms with Crippen LogP contribution in [-0.4, -0.2) is 11.0 Å². The van der Waals surface area contributed by atoms with Gasteiger partial charge in [0.15, 0.2) is 0 Å². The molecule has 0 aromatic carbocycles. The Bertz CT molecular complexity index is 58.6. The lowest BCUT2D eigenvalue weighted by Gasteiger charge is -1.90. The van der Waals surface area contributed by atoms with Gasteiger partial charge in [0.1, 0.15) is 5.78 Å². The molecule has 0 fully saturated rings. The summed E-state index contributed by atoms with van der Waals surface area (Å²) in [5, 5.41) is -0.0926. The van der Waals surface area contributed by atoms with Gasteiger partial charge in [-0.3, -0.25) is 4.79 Å². The fraction of sp³-hybridized carbons (Fsp3) is 0.750. The van der Waals surface area contributed by atoms with E-state index in [1.165, 1.54) is 6.92 Å². The Kier molecular flexibility index (Phi) is 2.25. The lowest BCUT2D eigenvalue weighted by molar-refractivity contribution is -0.116. The van der Waals surface area contributed by atoms with E-state index in [9.17, 15) is 4.79 Å². The Morgan fingerprint density at radius 3 is 2.00 bits per heavy atom. The van der Waals surface area contributed by atoms with Gasteiger partial charge in [0.05, 0.1) is 5.25 Å². The van der Waals surface area contributed by atoms with E-state index in [4.69, 9.17) is 0 Å². The third-order valence-electron chi connectivity index (χ3n) is 0.588. The van der Waals surface area contributed by atoms with E-state index < -0.39 is 0 Å². The molecule has 0 unspecified atom stereocenters. The third-order valence-corrected chi connectivity index (χ3v) is 0.952. The molecular weight excluding hydrogens is 96.1 g/mol. The monoisotopic (exact) mass is 104 g/mol. The highest BCUT2D eigenvalue weighted by Gasteiger charge is 1.96. The topological polar surface area (TPSA) is 17.1 Å². The highest BCUT2D eigenvalue weighted by atomic mass is 32.1. The molecule has 0 bridgehead atoms. The minimum absolute atomic E-state index is 0.0926. The van der Waals surface area contributed by atoms with Crippen LogP contribution in [0.3, 0.4) is 0 Å². The maximum absolute atomic E-state index is 10.1. The smallest absolute Gasteiger partial charge is 0.142 e. The Hall–Kier alpha value is 0.0200. The molecule has 0 amide bonds. The summed E-state index contributed by atoms with van der Waals surface area (Å²) in [7, 11) is 0. The summed E-state index contributed by atoms with van der Waals surface area (Å²) in [6.45, 7) is 3.28. The lowest BCUT2D eigenvalue weighted by atomic mass is 10.3. The van der Waals surface area contributed by atoms with E-state index in [0.717, 1.165) is 0 Å². The third kappa shape index (κ3) is 2.27. The fourth-order valence-corrected chi connectivity index (χ4v) is 0. The van der Waals surface area contributed by atoms with Gasteiger partial charge in [0.2, 0.25) is 0 Å². The number of Topliss-reactive ketones (excluding diaryl/α,β-unsaturated/α-hetero) is 1. The number of hydrogen-bond acceptors (Lipinski definition) is 2. The Labute approximate surface area is 43.2 Å². The van der Waals surface area contributed by atoms with Gasteiger partial charge in [0, 0.05) is 0 Å². The second kappa shape index (κ2) is 2.24. The highest BCUT2D eigenvalue weighted by Crippen LogP contribution is 1.90. The van der Waals surface area contributed by atoms with Crippen molar-refractivity contribution in [2.24, 2.45) is 0 Å². The molecule has 0 saturated carbocycles. The molecule has 1 nitrogen and oxygen atoms in total.